The molecular weight excluding hydrogens is 272 g/mol. The van der Waals surface area contributed by atoms with E-state index in [1.165, 1.54) is 11.1 Å². The maximum Gasteiger partial charge on any atom is 0.245 e. The summed E-state index contributed by atoms with van der Waals surface area (Å²) in [6, 6.07) is 12.4. The zero-order valence-electron chi connectivity index (χ0n) is 13.4. The van der Waals surface area contributed by atoms with Crippen LogP contribution in [0.25, 0.3) is 0 Å². The number of fused-ring (bicyclic) bond motifs is 1. The Bertz CT molecular complexity index is 631. The minimum Gasteiger partial charge on any atom is -0.342 e. The van der Waals surface area contributed by atoms with Gasteiger partial charge in [0.25, 0.3) is 0 Å². The number of hydrogen-bond donors (Lipinski definition) is 0. The van der Waals surface area contributed by atoms with E-state index in [1.807, 2.05) is 29.4 Å². The smallest absolute Gasteiger partial charge is 0.245 e. The highest BCUT2D eigenvalue weighted by molar-refractivity contribution is 5.80. The van der Waals surface area contributed by atoms with Gasteiger partial charge in [-0.2, -0.15) is 0 Å². The zero-order valence-corrected chi connectivity index (χ0v) is 13.4. The largest absolute Gasteiger partial charge is 0.342 e. The van der Waals surface area contributed by atoms with Crippen molar-refractivity contribution in [2.45, 2.75) is 39.3 Å². The lowest BCUT2D eigenvalue weighted by atomic mass is 9.97. The molecule has 1 aliphatic heterocycles. The molecule has 22 heavy (non-hydrogen) atoms. The van der Waals surface area contributed by atoms with E-state index in [0.717, 1.165) is 25.9 Å². The number of aromatic nitrogens is 1. The fourth-order valence-electron chi connectivity index (χ4n) is 3.25. The first-order chi connectivity index (χ1) is 10.6. The summed E-state index contributed by atoms with van der Waals surface area (Å²) < 4.78 is 2.06. The van der Waals surface area contributed by atoms with Crippen molar-refractivity contribution in [3.63, 3.8) is 0 Å². The molecule has 0 radical (unpaired) electrons. The number of hydrogen-bond acceptors (Lipinski definition) is 1. The maximum atomic E-state index is 13.0. The second kappa shape index (κ2) is 6.39. The van der Waals surface area contributed by atoms with Gasteiger partial charge in [-0.1, -0.05) is 38.1 Å². The van der Waals surface area contributed by atoms with Crippen LogP contribution in [0.3, 0.4) is 0 Å². The number of nitrogens with zero attached hydrogens (tertiary/aromatic N) is 2. The molecule has 0 spiro atoms. The van der Waals surface area contributed by atoms with Crippen molar-refractivity contribution < 1.29 is 4.79 Å². The Morgan fingerprint density at radius 2 is 1.77 bits per heavy atom. The van der Waals surface area contributed by atoms with Crippen LogP contribution in [0.1, 0.15) is 37.4 Å². The monoisotopic (exact) mass is 296 g/mol. The lowest BCUT2D eigenvalue weighted by molar-refractivity contribution is -0.136. The molecule has 0 unspecified atom stereocenters. The Morgan fingerprint density at radius 1 is 1.09 bits per heavy atom. The minimum atomic E-state index is -0.0831. The summed E-state index contributed by atoms with van der Waals surface area (Å²) in [4.78, 5) is 15.1. The maximum absolute atomic E-state index is 13.0. The summed E-state index contributed by atoms with van der Waals surface area (Å²) in [6.07, 6.45) is 5.85. The van der Waals surface area contributed by atoms with E-state index in [4.69, 9.17) is 0 Å². The molecule has 0 N–H and O–H groups in total. The fourth-order valence-corrected chi connectivity index (χ4v) is 3.25. The first-order valence-corrected chi connectivity index (χ1v) is 8.13. The third-order valence-electron chi connectivity index (χ3n) is 4.41. The molecule has 1 amide bonds. The van der Waals surface area contributed by atoms with Crippen LogP contribution in [0.15, 0.2) is 48.8 Å². The average Bonchev–Trinajstić information content (AvgIpc) is 3.05. The molecule has 2 heterocycles. The van der Waals surface area contributed by atoms with E-state index >= 15 is 0 Å². The highest BCUT2D eigenvalue weighted by Gasteiger charge is 2.28. The second-order valence-electron chi connectivity index (χ2n) is 6.55. The van der Waals surface area contributed by atoms with Crippen LogP contribution in [0, 0.1) is 5.92 Å². The summed E-state index contributed by atoms with van der Waals surface area (Å²) in [7, 11) is 0. The van der Waals surface area contributed by atoms with Crippen molar-refractivity contribution in [3.05, 3.63) is 59.9 Å². The van der Waals surface area contributed by atoms with Gasteiger partial charge in [0.05, 0.1) is 0 Å². The number of carbonyl (C=O) groups is 1. The van der Waals surface area contributed by atoms with Gasteiger partial charge in [-0.3, -0.25) is 4.79 Å². The van der Waals surface area contributed by atoms with Crippen molar-refractivity contribution in [2.24, 2.45) is 5.92 Å². The number of carbonyl (C=O) groups excluding carboxylic acids is 1. The van der Waals surface area contributed by atoms with Gasteiger partial charge in [0.15, 0.2) is 0 Å². The number of rotatable bonds is 4. The molecule has 1 aliphatic rings. The van der Waals surface area contributed by atoms with Crippen molar-refractivity contribution in [1.82, 2.24) is 9.47 Å². The summed E-state index contributed by atoms with van der Waals surface area (Å²) in [5, 5.41) is 0. The molecule has 0 saturated carbocycles. The average molecular weight is 296 g/mol. The predicted molar refractivity (Wildman–Crippen MR) is 88.5 cm³/mol. The lowest BCUT2D eigenvalue weighted by Gasteiger charge is -2.33. The molecule has 1 aromatic heterocycles. The molecule has 1 aromatic carbocycles. The third kappa shape index (κ3) is 3.08. The molecule has 3 nitrogen and oxygen atoms in total. The Hall–Kier alpha value is -2.03. The predicted octanol–water partition coefficient (Wildman–Crippen LogP) is 3.66. The Morgan fingerprint density at radius 3 is 2.45 bits per heavy atom. The van der Waals surface area contributed by atoms with E-state index in [2.05, 4.69) is 42.7 Å². The van der Waals surface area contributed by atoms with Crippen LogP contribution in [0.4, 0.5) is 0 Å². The molecular formula is C19H24N2O. The molecule has 3 heteroatoms. The summed E-state index contributed by atoms with van der Waals surface area (Å²) in [6.45, 7) is 5.92. The van der Waals surface area contributed by atoms with Crippen LogP contribution in [-0.4, -0.2) is 21.9 Å². The molecule has 2 aromatic rings. The van der Waals surface area contributed by atoms with Crippen molar-refractivity contribution in [2.75, 3.05) is 6.54 Å². The van der Waals surface area contributed by atoms with Gasteiger partial charge in [-0.05, 0) is 42.0 Å². The third-order valence-corrected chi connectivity index (χ3v) is 4.41. The fraction of sp³-hybridized carbons (Fsp3) is 0.421. The van der Waals surface area contributed by atoms with Crippen LogP contribution in [0.2, 0.25) is 0 Å². The summed E-state index contributed by atoms with van der Waals surface area (Å²) >= 11 is 0. The van der Waals surface area contributed by atoms with Gasteiger partial charge in [0, 0.05) is 25.5 Å². The normalized spacial score (nSPS) is 15.7. The Kier molecular flexibility index (Phi) is 4.32. The quantitative estimate of drug-likeness (QED) is 0.845. The first kappa shape index (κ1) is 14.9. The van der Waals surface area contributed by atoms with Crippen molar-refractivity contribution in [3.8, 4) is 0 Å². The molecule has 0 fully saturated rings. The standard InChI is InChI=1S/C19H24N2O/c1-15(2)13-18(20-10-5-6-11-20)19(22)21-12-9-16-7-3-4-8-17(16)14-21/h3-8,10-11,15,18H,9,12-14H2,1-2H3/t18-/m1/s1. The van der Waals surface area contributed by atoms with E-state index < -0.39 is 0 Å². The SMILES string of the molecule is CC(C)C[C@H](C(=O)N1CCc2ccccc2C1)n1cccc1. The van der Waals surface area contributed by atoms with Crippen LogP contribution in [-0.2, 0) is 17.8 Å². The van der Waals surface area contributed by atoms with Gasteiger partial charge >= 0.3 is 0 Å². The highest BCUT2D eigenvalue weighted by Crippen LogP contribution is 2.25. The van der Waals surface area contributed by atoms with Gasteiger partial charge in [0.1, 0.15) is 6.04 Å². The van der Waals surface area contributed by atoms with E-state index in [9.17, 15) is 4.79 Å². The zero-order chi connectivity index (χ0) is 15.5. The van der Waals surface area contributed by atoms with Gasteiger partial charge in [0.2, 0.25) is 5.91 Å². The number of amides is 1. The molecule has 116 valence electrons. The van der Waals surface area contributed by atoms with Crippen LogP contribution in [0.5, 0.6) is 0 Å². The van der Waals surface area contributed by atoms with Crippen molar-refractivity contribution in [1.29, 1.82) is 0 Å². The summed E-state index contributed by atoms with van der Waals surface area (Å²) in [5.41, 5.74) is 2.67. The minimum absolute atomic E-state index is 0.0831. The Labute approximate surface area is 132 Å². The highest BCUT2D eigenvalue weighted by atomic mass is 16.2. The molecule has 0 aliphatic carbocycles. The Balaban J connectivity index is 1.79. The number of benzene rings is 1. The second-order valence-corrected chi connectivity index (χ2v) is 6.55. The van der Waals surface area contributed by atoms with E-state index in [0.29, 0.717) is 5.92 Å². The van der Waals surface area contributed by atoms with Gasteiger partial charge in [-0.25, -0.2) is 0 Å². The lowest BCUT2D eigenvalue weighted by Crippen LogP contribution is -2.40. The molecule has 1 atom stereocenters. The van der Waals surface area contributed by atoms with Crippen LogP contribution < -0.4 is 0 Å². The van der Waals surface area contributed by atoms with Crippen LogP contribution >= 0.6 is 0 Å². The van der Waals surface area contributed by atoms with Crippen molar-refractivity contribution >= 4 is 5.91 Å². The van der Waals surface area contributed by atoms with Gasteiger partial charge in [-0.15, -0.1) is 0 Å². The van der Waals surface area contributed by atoms with E-state index in [-0.39, 0.29) is 11.9 Å². The molecule has 0 bridgehead atoms. The topological polar surface area (TPSA) is 25.2 Å². The van der Waals surface area contributed by atoms with Gasteiger partial charge < -0.3 is 9.47 Å². The van der Waals surface area contributed by atoms with E-state index in [1.54, 1.807) is 0 Å². The summed E-state index contributed by atoms with van der Waals surface area (Å²) in [5.74, 6) is 0.743. The molecule has 3 rings (SSSR count). The molecule has 0 saturated heterocycles. The first-order valence-electron chi connectivity index (χ1n) is 8.13.